The van der Waals surface area contributed by atoms with Crippen LogP contribution in [0, 0.1) is 17.1 Å². The highest BCUT2D eigenvalue weighted by atomic mass is 19.4. The van der Waals surface area contributed by atoms with Crippen molar-refractivity contribution in [2.45, 2.75) is 44.6 Å². The van der Waals surface area contributed by atoms with E-state index in [1.54, 1.807) is 31.3 Å². The fraction of sp³-hybridized carbons (Fsp3) is 0.345. The van der Waals surface area contributed by atoms with Crippen LogP contribution in [0.1, 0.15) is 49.0 Å². The van der Waals surface area contributed by atoms with Gasteiger partial charge in [-0.3, -0.25) is 9.47 Å². The summed E-state index contributed by atoms with van der Waals surface area (Å²) in [5.41, 5.74) is 0.452. The van der Waals surface area contributed by atoms with Gasteiger partial charge in [0, 0.05) is 32.2 Å². The average Bonchev–Trinajstić information content (AvgIpc) is 2.96. The number of nitriles is 1. The molecule has 0 aliphatic carbocycles. The van der Waals surface area contributed by atoms with Crippen molar-refractivity contribution in [3.63, 3.8) is 0 Å². The van der Waals surface area contributed by atoms with Crippen LogP contribution >= 0.6 is 0 Å². The van der Waals surface area contributed by atoms with Crippen LogP contribution < -0.4 is 10.6 Å². The van der Waals surface area contributed by atoms with Gasteiger partial charge in [-0.25, -0.2) is 19.2 Å². The highest BCUT2D eigenvalue weighted by molar-refractivity contribution is 5.86. The van der Waals surface area contributed by atoms with Gasteiger partial charge in [-0.1, -0.05) is 25.1 Å². The van der Waals surface area contributed by atoms with Gasteiger partial charge in [0.1, 0.15) is 28.8 Å². The van der Waals surface area contributed by atoms with E-state index in [0.717, 1.165) is 6.07 Å². The van der Waals surface area contributed by atoms with Gasteiger partial charge in [-0.2, -0.15) is 23.4 Å². The Labute approximate surface area is 233 Å². The van der Waals surface area contributed by atoms with E-state index in [9.17, 15) is 27.6 Å². The van der Waals surface area contributed by atoms with E-state index in [4.69, 9.17) is 0 Å². The summed E-state index contributed by atoms with van der Waals surface area (Å²) in [7, 11) is 1.58. The molecular formula is C29H27F4N7O. The summed E-state index contributed by atoms with van der Waals surface area (Å²) < 4.78 is 56.1. The van der Waals surface area contributed by atoms with Crippen LogP contribution in [0.5, 0.6) is 0 Å². The first kappa shape index (κ1) is 28.2. The number of aromatic nitrogens is 4. The van der Waals surface area contributed by atoms with Gasteiger partial charge in [0.2, 0.25) is 0 Å². The predicted octanol–water partition coefficient (Wildman–Crippen LogP) is 4.83. The first-order valence-corrected chi connectivity index (χ1v) is 13.1. The van der Waals surface area contributed by atoms with Crippen LogP contribution in [0.25, 0.3) is 11.0 Å². The minimum absolute atomic E-state index is 0.185. The van der Waals surface area contributed by atoms with Crippen LogP contribution in [-0.2, 0) is 13.2 Å². The molecule has 5 rings (SSSR count). The summed E-state index contributed by atoms with van der Waals surface area (Å²) in [6.07, 6.45) is -4.01. The summed E-state index contributed by atoms with van der Waals surface area (Å²) in [5.74, 6) is -0.107. The minimum Gasteiger partial charge on any atom is -0.349 e. The van der Waals surface area contributed by atoms with E-state index in [2.05, 4.69) is 19.9 Å². The Kier molecular flexibility index (Phi) is 7.48. The Morgan fingerprint density at radius 3 is 2.44 bits per heavy atom. The molecule has 0 amide bonds. The standard InChI is InChI=1S/C29H27F4N7O/c1-4-21-16-39(27-25-23(38(3)28(41)37-27)13-12-20(14-34)35-25)17(2)15-40(21)26(18-8-10-19(30)11-9-18)22-6-5-7-24(36-22)29(31,32)33/h5-13,17,21,26H,4,15-16H2,1-3H3/t17-,21+,26?/m0/s1. The van der Waals surface area contributed by atoms with Gasteiger partial charge in [0.15, 0.2) is 5.82 Å². The van der Waals surface area contributed by atoms with E-state index in [1.165, 1.54) is 28.8 Å². The van der Waals surface area contributed by atoms with Crippen LogP contribution in [0.15, 0.2) is 59.4 Å². The zero-order chi connectivity index (χ0) is 29.5. The van der Waals surface area contributed by atoms with Crippen LogP contribution in [-0.4, -0.2) is 49.6 Å². The lowest BCUT2D eigenvalue weighted by molar-refractivity contribution is -0.141. The number of alkyl halides is 3. The molecule has 8 nitrogen and oxygen atoms in total. The molecule has 212 valence electrons. The summed E-state index contributed by atoms with van der Waals surface area (Å²) in [6.45, 7) is 4.64. The van der Waals surface area contributed by atoms with Gasteiger partial charge >= 0.3 is 11.9 Å². The molecule has 4 heterocycles. The molecule has 0 spiro atoms. The second-order valence-corrected chi connectivity index (χ2v) is 10.1. The van der Waals surface area contributed by atoms with Crippen LogP contribution in [0.2, 0.25) is 0 Å². The molecule has 3 aromatic heterocycles. The molecule has 4 aromatic rings. The number of fused-ring (bicyclic) bond motifs is 1. The molecule has 12 heteroatoms. The molecule has 1 aliphatic rings. The summed E-state index contributed by atoms with van der Waals surface area (Å²) in [6, 6.07) is 13.6. The molecule has 1 fully saturated rings. The molecule has 0 N–H and O–H groups in total. The fourth-order valence-corrected chi connectivity index (χ4v) is 5.45. The number of anilines is 1. The number of aryl methyl sites for hydroxylation is 1. The smallest absolute Gasteiger partial charge is 0.349 e. The number of halogens is 4. The van der Waals surface area contributed by atoms with E-state index in [-0.39, 0.29) is 23.5 Å². The molecule has 1 saturated heterocycles. The predicted molar refractivity (Wildman–Crippen MR) is 145 cm³/mol. The number of hydrogen-bond donors (Lipinski definition) is 0. The average molecular weight is 566 g/mol. The van der Waals surface area contributed by atoms with Crippen molar-refractivity contribution in [3.05, 3.63) is 93.5 Å². The first-order valence-electron chi connectivity index (χ1n) is 13.1. The molecular weight excluding hydrogens is 538 g/mol. The second-order valence-electron chi connectivity index (χ2n) is 10.1. The van der Waals surface area contributed by atoms with Crippen LogP contribution in [0.4, 0.5) is 23.4 Å². The molecule has 41 heavy (non-hydrogen) atoms. The molecule has 0 bridgehead atoms. The lowest BCUT2D eigenvalue weighted by Gasteiger charge is -2.48. The molecule has 0 saturated carbocycles. The van der Waals surface area contributed by atoms with Crippen molar-refractivity contribution in [2.75, 3.05) is 18.0 Å². The number of piperazine rings is 1. The van der Waals surface area contributed by atoms with Crippen molar-refractivity contribution in [1.82, 2.24) is 24.4 Å². The Hall–Kier alpha value is -4.37. The molecule has 0 radical (unpaired) electrons. The van der Waals surface area contributed by atoms with Gasteiger partial charge in [0.25, 0.3) is 0 Å². The second kappa shape index (κ2) is 10.9. The topological polar surface area (TPSA) is 90.9 Å². The maximum absolute atomic E-state index is 13.9. The lowest BCUT2D eigenvalue weighted by atomic mass is 9.95. The highest BCUT2D eigenvalue weighted by Gasteiger charge is 2.39. The maximum Gasteiger partial charge on any atom is 0.433 e. The van der Waals surface area contributed by atoms with Gasteiger partial charge in [-0.15, -0.1) is 0 Å². The first-order chi connectivity index (χ1) is 19.5. The number of pyridine rings is 2. The summed E-state index contributed by atoms with van der Waals surface area (Å²) in [4.78, 5) is 29.6. The summed E-state index contributed by atoms with van der Waals surface area (Å²) in [5, 5.41) is 9.43. The SMILES string of the molecule is CC[C@@H]1CN(c2nc(=O)n(C)c3ccc(C#N)nc23)[C@@H](C)CN1C(c1ccc(F)cc1)c1cccc(C(F)(F)F)n1. The number of benzene rings is 1. The van der Waals surface area contributed by atoms with Crippen molar-refractivity contribution in [1.29, 1.82) is 5.26 Å². The van der Waals surface area contributed by atoms with Crippen molar-refractivity contribution < 1.29 is 17.6 Å². The zero-order valence-electron chi connectivity index (χ0n) is 22.6. The maximum atomic E-state index is 13.9. The molecule has 1 aromatic carbocycles. The van der Waals surface area contributed by atoms with Crippen molar-refractivity contribution in [3.8, 4) is 6.07 Å². The Morgan fingerprint density at radius 2 is 1.78 bits per heavy atom. The minimum atomic E-state index is -4.62. The lowest BCUT2D eigenvalue weighted by Crippen LogP contribution is -2.59. The van der Waals surface area contributed by atoms with Gasteiger partial charge < -0.3 is 4.90 Å². The molecule has 3 atom stereocenters. The van der Waals surface area contributed by atoms with Gasteiger partial charge in [0.05, 0.1) is 17.3 Å². The van der Waals surface area contributed by atoms with Gasteiger partial charge in [-0.05, 0) is 55.3 Å². The largest absolute Gasteiger partial charge is 0.433 e. The van der Waals surface area contributed by atoms with E-state index in [0.29, 0.717) is 41.9 Å². The monoisotopic (exact) mass is 565 g/mol. The van der Waals surface area contributed by atoms with E-state index in [1.807, 2.05) is 24.8 Å². The van der Waals surface area contributed by atoms with Crippen LogP contribution in [0.3, 0.4) is 0 Å². The zero-order valence-corrected chi connectivity index (χ0v) is 22.6. The molecule has 1 aliphatic heterocycles. The number of hydrogen-bond acceptors (Lipinski definition) is 7. The third-order valence-electron chi connectivity index (χ3n) is 7.54. The quantitative estimate of drug-likeness (QED) is 0.320. The van der Waals surface area contributed by atoms with Crippen molar-refractivity contribution >= 4 is 16.9 Å². The third-order valence-corrected chi connectivity index (χ3v) is 7.54. The Balaban J connectivity index is 1.60. The Bertz CT molecular complexity index is 1680. The van der Waals surface area contributed by atoms with Crippen molar-refractivity contribution in [2.24, 2.45) is 7.05 Å². The van der Waals surface area contributed by atoms with E-state index >= 15 is 0 Å². The van der Waals surface area contributed by atoms with E-state index < -0.39 is 29.4 Å². The summed E-state index contributed by atoms with van der Waals surface area (Å²) >= 11 is 0. The highest BCUT2D eigenvalue weighted by Crippen LogP contribution is 2.37. The number of nitrogens with zero attached hydrogens (tertiary/aromatic N) is 7. The number of rotatable bonds is 5. The fourth-order valence-electron chi connectivity index (χ4n) is 5.45. The third kappa shape index (κ3) is 5.37. The normalized spacial score (nSPS) is 18.8. The Morgan fingerprint density at radius 1 is 1.05 bits per heavy atom. The molecule has 1 unspecified atom stereocenters.